The molecule has 0 fully saturated rings. The van der Waals surface area contributed by atoms with Crippen molar-refractivity contribution < 1.29 is 19.3 Å². The van der Waals surface area contributed by atoms with Gasteiger partial charge < -0.3 is 19.3 Å². The SMILES string of the molecule is CCCCCCCCCCCCCCCCCCOCC(CO)OCc1ccc(OC)cc1. The van der Waals surface area contributed by atoms with E-state index >= 15 is 0 Å². The summed E-state index contributed by atoms with van der Waals surface area (Å²) in [5.74, 6) is 0.833. The molecule has 0 spiro atoms. The molecule has 1 rings (SSSR count). The lowest BCUT2D eigenvalue weighted by atomic mass is 10.0. The minimum atomic E-state index is -0.270. The van der Waals surface area contributed by atoms with Crippen LogP contribution in [-0.2, 0) is 16.1 Å². The fourth-order valence-electron chi connectivity index (χ4n) is 4.06. The van der Waals surface area contributed by atoms with Crippen LogP contribution in [0.1, 0.15) is 115 Å². The predicted molar refractivity (Wildman–Crippen MR) is 139 cm³/mol. The van der Waals surface area contributed by atoms with Crippen molar-refractivity contribution >= 4 is 0 Å². The van der Waals surface area contributed by atoms with Crippen molar-refractivity contribution in [1.29, 1.82) is 0 Å². The van der Waals surface area contributed by atoms with Gasteiger partial charge in [0.05, 0.1) is 26.9 Å². The van der Waals surface area contributed by atoms with Crippen molar-refractivity contribution in [3.8, 4) is 5.75 Å². The quantitative estimate of drug-likeness (QED) is 0.158. The van der Waals surface area contributed by atoms with Gasteiger partial charge in [-0.1, -0.05) is 115 Å². The minimum absolute atomic E-state index is 0.0187. The Balaban J connectivity index is 1.83. The minimum Gasteiger partial charge on any atom is -0.497 e. The summed E-state index contributed by atoms with van der Waals surface area (Å²) >= 11 is 0. The third kappa shape index (κ3) is 18.0. The number of hydrogen-bond acceptors (Lipinski definition) is 4. The molecular weight excluding hydrogens is 412 g/mol. The van der Waals surface area contributed by atoms with Crippen molar-refractivity contribution in [2.24, 2.45) is 0 Å². The molecule has 0 aliphatic heterocycles. The third-order valence-electron chi connectivity index (χ3n) is 6.29. The average Bonchev–Trinajstić information content (AvgIpc) is 2.85. The third-order valence-corrected chi connectivity index (χ3v) is 6.29. The maximum Gasteiger partial charge on any atom is 0.118 e. The van der Waals surface area contributed by atoms with Crippen LogP contribution in [0.15, 0.2) is 24.3 Å². The molecular formula is C29H52O4. The van der Waals surface area contributed by atoms with E-state index in [1.165, 1.54) is 96.3 Å². The van der Waals surface area contributed by atoms with Crippen LogP contribution in [0.25, 0.3) is 0 Å². The van der Waals surface area contributed by atoms with Gasteiger partial charge in [0.1, 0.15) is 11.9 Å². The smallest absolute Gasteiger partial charge is 0.118 e. The molecule has 0 saturated carbocycles. The highest BCUT2D eigenvalue weighted by molar-refractivity contribution is 5.26. The standard InChI is InChI=1S/C29H52O4/c1-3-4-5-6-7-8-9-10-11-12-13-14-15-16-17-18-23-32-26-29(24-30)33-25-27-19-21-28(31-2)22-20-27/h19-22,29-30H,3-18,23-26H2,1-2H3. The molecule has 4 heteroatoms. The molecule has 0 aliphatic rings. The van der Waals surface area contributed by atoms with Crippen LogP contribution in [0.4, 0.5) is 0 Å². The topological polar surface area (TPSA) is 47.9 Å². The fraction of sp³-hybridized carbons (Fsp3) is 0.793. The summed E-state index contributed by atoms with van der Waals surface area (Å²) in [4.78, 5) is 0. The lowest BCUT2D eigenvalue weighted by Crippen LogP contribution is -2.24. The number of aliphatic hydroxyl groups is 1. The van der Waals surface area contributed by atoms with Gasteiger partial charge in [0, 0.05) is 6.61 Å². The average molecular weight is 465 g/mol. The first-order valence-corrected chi connectivity index (χ1v) is 13.7. The van der Waals surface area contributed by atoms with Gasteiger partial charge in [0.15, 0.2) is 0 Å². The monoisotopic (exact) mass is 464 g/mol. The van der Waals surface area contributed by atoms with E-state index in [1.807, 2.05) is 24.3 Å². The van der Waals surface area contributed by atoms with E-state index in [-0.39, 0.29) is 12.7 Å². The zero-order valence-corrected chi connectivity index (χ0v) is 21.7. The van der Waals surface area contributed by atoms with Crippen molar-refractivity contribution in [3.05, 3.63) is 29.8 Å². The summed E-state index contributed by atoms with van der Waals surface area (Å²) in [6.45, 7) is 3.94. The molecule has 0 amide bonds. The second-order valence-corrected chi connectivity index (χ2v) is 9.34. The molecule has 0 aromatic heterocycles. The zero-order valence-electron chi connectivity index (χ0n) is 21.7. The first-order valence-electron chi connectivity index (χ1n) is 13.7. The van der Waals surface area contributed by atoms with Crippen molar-refractivity contribution in [2.45, 2.75) is 122 Å². The Bertz CT molecular complexity index is 517. The van der Waals surface area contributed by atoms with Gasteiger partial charge in [-0.05, 0) is 24.1 Å². The second-order valence-electron chi connectivity index (χ2n) is 9.34. The van der Waals surface area contributed by atoms with Crippen LogP contribution in [0.5, 0.6) is 5.75 Å². The Morgan fingerprint density at radius 2 is 1.18 bits per heavy atom. The van der Waals surface area contributed by atoms with E-state index in [1.54, 1.807) is 7.11 Å². The lowest BCUT2D eigenvalue weighted by molar-refractivity contribution is -0.0502. The highest BCUT2D eigenvalue weighted by Gasteiger charge is 2.08. The molecule has 0 saturated heterocycles. The molecule has 33 heavy (non-hydrogen) atoms. The van der Waals surface area contributed by atoms with Crippen molar-refractivity contribution in [3.63, 3.8) is 0 Å². The van der Waals surface area contributed by atoms with Gasteiger partial charge in [-0.2, -0.15) is 0 Å². The van der Waals surface area contributed by atoms with E-state index in [2.05, 4.69) is 6.92 Å². The van der Waals surface area contributed by atoms with Gasteiger partial charge in [-0.3, -0.25) is 0 Å². The normalized spacial score (nSPS) is 12.2. The highest BCUT2D eigenvalue weighted by Crippen LogP contribution is 2.14. The van der Waals surface area contributed by atoms with E-state index in [0.29, 0.717) is 13.2 Å². The molecule has 0 radical (unpaired) electrons. The Hall–Kier alpha value is -1.10. The van der Waals surface area contributed by atoms with E-state index in [9.17, 15) is 5.11 Å². The highest BCUT2D eigenvalue weighted by atomic mass is 16.5. The number of aliphatic hydroxyl groups excluding tert-OH is 1. The van der Waals surface area contributed by atoms with E-state index in [0.717, 1.165) is 24.3 Å². The molecule has 0 heterocycles. The number of unbranched alkanes of at least 4 members (excludes halogenated alkanes) is 15. The number of hydrogen-bond donors (Lipinski definition) is 1. The molecule has 0 bridgehead atoms. The van der Waals surface area contributed by atoms with Crippen LogP contribution >= 0.6 is 0 Å². The summed E-state index contributed by atoms with van der Waals surface area (Å²) in [5.41, 5.74) is 1.06. The van der Waals surface area contributed by atoms with Gasteiger partial charge in [0.25, 0.3) is 0 Å². The van der Waals surface area contributed by atoms with Gasteiger partial charge >= 0.3 is 0 Å². The second kappa shape index (κ2) is 22.7. The maximum atomic E-state index is 9.50. The van der Waals surface area contributed by atoms with Crippen LogP contribution in [0.3, 0.4) is 0 Å². The van der Waals surface area contributed by atoms with Crippen LogP contribution in [0, 0.1) is 0 Å². The van der Waals surface area contributed by atoms with Crippen molar-refractivity contribution in [2.75, 3.05) is 26.9 Å². The molecule has 1 aromatic carbocycles. The molecule has 1 unspecified atom stereocenters. The number of ether oxygens (including phenoxy) is 3. The zero-order chi connectivity index (χ0) is 23.8. The largest absolute Gasteiger partial charge is 0.497 e. The first-order chi connectivity index (χ1) is 16.3. The van der Waals surface area contributed by atoms with Crippen molar-refractivity contribution in [1.82, 2.24) is 0 Å². The predicted octanol–water partition coefficient (Wildman–Crippen LogP) is 7.85. The summed E-state index contributed by atoms with van der Waals surface area (Å²) in [7, 11) is 1.66. The summed E-state index contributed by atoms with van der Waals surface area (Å²) in [6.07, 6.45) is 21.7. The van der Waals surface area contributed by atoms with Crippen LogP contribution < -0.4 is 4.74 Å². The number of benzene rings is 1. The Morgan fingerprint density at radius 1 is 0.697 bits per heavy atom. The Labute approximate surface area is 204 Å². The molecule has 1 atom stereocenters. The maximum absolute atomic E-state index is 9.50. The number of methoxy groups -OCH3 is 1. The van der Waals surface area contributed by atoms with Gasteiger partial charge in [0.2, 0.25) is 0 Å². The number of rotatable bonds is 24. The molecule has 0 aliphatic carbocycles. The summed E-state index contributed by atoms with van der Waals surface area (Å²) in [5, 5.41) is 9.50. The van der Waals surface area contributed by atoms with E-state index < -0.39 is 0 Å². The fourth-order valence-corrected chi connectivity index (χ4v) is 4.06. The Morgan fingerprint density at radius 3 is 1.64 bits per heavy atom. The van der Waals surface area contributed by atoms with Crippen LogP contribution in [0.2, 0.25) is 0 Å². The van der Waals surface area contributed by atoms with Gasteiger partial charge in [-0.15, -0.1) is 0 Å². The summed E-state index contributed by atoms with van der Waals surface area (Å²) < 4.78 is 16.7. The van der Waals surface area contributed by atoms with Crippen LogP contribution in [-0.4, -0.2) is 38.1 Å². The lowest BCUT2D eigenvalue weighted by Gasteiger charge is -2.16. The Kier molecular flexibility index (Phi) is 20.6. The van der Waals surface area contributed by atoms with E-state index in [4.69, 9.17) is 14.2 Å². The molecule has 1 N–H and O–H groups in total. The molecule has 192 valence electrons. The molecule has 4 nitrogen and oxygen atoms in total. The summed E-state index contributed by atoms with van der Waals surface area (Å²) in [6, 6.07) is 7.79. The molecule has 1 aromatic rings. The first kappa shape index (κ1) is 29.9. The van der Waals surface area contributed by atoms with Gasteiger partial charge in [-0.25, -0.2) is 0 Å².